The van der Waals surface area contributed by atoms with E-state index >= 15 is 0 Å². The van der Waals surface area contributed by atoms with Gasteiger partial charge in [0, 0.05) is 40.0 Å². The van der Waals surface area contributed by atoms with Crippen molar-refractivity contribution in [1.82, 2.24) is 19.5 Å². The smallest absolute Gasteiger partial charge is 0.0594 e. The first-order valence-corrected chi connectivity index (χ1v) is 15.8. The number of H-pyrrole nitrogens is 3. The zero-order valence-corrected chi connectivity index (χ0v) is 25.2. The third-order valence-electron chi connectivity index (χ3n) is 8.29. The number of terminal acetylenes is 1. The van der Waals surface area contributed by atoms with Gasteiger partial charge in [0.15, 0.2) is 0 Å². The summed E-state index contributed by atoms with van der Waals surface area (Å²) >= 11 is 0. The Hall–Kier alpha value is -3.84. The van der Waals surface area contributed by atoms with E-state index in [1.807, 2.05) is 0 Å². The lowest BCUT2D eigenvalue weighted by molar-refractivity contribution is 0.580. The zero-order valence-electron chi connectivity index (χ0n) is 25.2. The molecule has 4 aromatic rings. The van der Waals surface area contributed by atoms with Gasteiger partial charge in [0.2, 0.25) is 0 Å². The van der Waals surface area contributed by atoms with Crippen LogP contribution in [0.15, 0.2) is 36.4 Å². The third-order valence-corrected chi connectivity index (χ3v) is 8.29. The van der Waals surface area contributed by atoms with Crippen molar-refractivity contribution in [2.24, 2.45) is 0 Å². The maximum Gasteiger partial charge on any atom is 0.0594 e. The maximum absolute atomic E-state index is 6.39. The van der Waals surface area contributed by atoms with Gasteiger partial charge in [0.1, 0.15) is 0 Å². The first-order chi connectivity index (χ1) is 20.1. The van der Waals surface area contributed by atoms with Crippen molar-refractivity contribution in [3.05, 3.63) is 91.7 Å². The van der Waals surface area contributed by atoms with Crippen LogP contribution in [0.25, 0.3) is 23.8 Å². The summed E-state index contributed by atoms with van der Waals surface area (Å²) in [6.45, 7) is 7.81. The summed E-state index contributed by atoms with van der Waals surface area (Å²) < 4.78 is 2.57. The molecule has 4 heteroatoms. The van der Waals surface area contributed by atoms with Crippen LogP contribution in [0.1, 0.15) is 119 Å². The number of rotatable bonds is 12. The predicted octanol–water partition coefficient (Wildman–Crippen LogP) is 5.96. The lowest BCUT2D eigenvalue weighted by Gasteiger charge is -2.12. The van der Waals surface area contributed by atoms with E-state index in [0.717, 1.165) is 65.6 Å². The van der Waals surface area contributed by atoms with E-state index < -0.39 is 0 Å². The molecule has 41 heavy (non-hydrogen) atoms. The lowest BCUT2D eigenvalue weighted by atomic mass is 9.98. The van der Waals surface area contributed by atoms with Crippen molar-refractivity contribution in [1.29, 1.82) is 0 Å². The summed E-state index contributed by atoms with van der Waals surface area (Å²) in [6, 6.07) is 13.1. The Morgan fingerprint density at radius 2 is 1.27 bits per heavy atom. The quantitative estimate of drug-likeness (QED) is 0.145. The zero-order chi connectivity index (χ0) is 28.6. The van der Waals surface area contributed by atoms with Crippen molar-refractivity contribution < 1.29 is 0 Å². The maximum atomic E-state index is 6.39. The molecule has 8 bridgehead atoms. The van der Waals surface area contributed by atoms with Gasteiger partial charge >= 0.3 is 0 Å². The highest BCUT2D eigenvalue weighted by atomic mass is 15.0. The number of unbranched alkanes of at least 4 members (excludes halogenated alkanes) is 6. The van der Waals surface area contributed by atoms with Crippen molar-refractivity contribution >= 4 is 23.8 Å². The van der Waals surface area contributed by atoms with Gasteiger partial charge < -0.3 is 19.5 Å². The minimum atomic E-state index is 0.970. The summed E-state index contributed by atoms with van der Waals surface area (Å²) in [5.74, 6) is 3.19. The van der Waals surface area contributed by atoms with Gasteiger partial charge in [-0.2, -0.15) is 0 Å². The molecule has 0 saturated heterocycles. The normalized spacial score (nSPS) is 12.5. The highest BCUT2D eigenvalue weighted by molar-refractivity contribution is 5.67. The highest BCUT2D eigenvalue weighted by Crippen LogP contribution is 2.21. The molecule has 0 radical (unpaired) electrons. The molecule has 1 aliphatic heterocycles. The highest BCUT2D eigenvalue weighted by Gasteiger charge is 2.19. The fraction of sp³-hybridized carbons (Fsp3) is 0.405. The van der Waals surface area contributed by atoms with E-state index in [1.165, 1.54) is 72.5 Å². The number of hydrogen-bond acceptors (Lipinski definition) is 0. The minimum Gasteiger partial charge on any atom is -0.355 e. The summed E-state index contributed by atoms with van der Waals surface area (Å²) in [5.41, 5.74) is 8.28. The van der Waals surface area contributed by atoms with Gasteiger partial charge in [0.05, 0.1) is 16.3 Å². The Morgan fingerprint density at radius 3 is 1.95 bits per heavy atom. The fourth-order valence-corrected chi connectivity index (χ4v) is 6.18. The lowest BCUT2D eigenvalue weighted by Crippen LogP contribution is -2.31. The van der Waals surface area contributed by atoms with Gasteiger partial charge in [-0.15, -0.1) is 6.42 Å². The monoisotopic (exact) mass is 546 g/mol. The summed E-state index contributed by atoms with van der Waals surface area (Å²) in [6.07, 6.45) is 25.8. The number of fused-ring (bicyclic) bond motifs is 8. The largest absolute Gasteiger partial charge is 0.355 e. The topological polar surface area (TPSA) is 52.3 Å². The van der Waals surface area contributed by atoms with E-state index in [0.29, 0.717) is 0 Å². The van der Waals surface area contributed by atoms with Gasteiger partial charge in [-0.05, 0) is 97.9 Å². The van der Waals surface area contributed by atoms with Crippen LogP contribution in [0.5, 0.6) is 0 Å². The number of aromatic amines is 3. The molecule has 214 valence electrons. The molecule has 1 aliphatic rings. The molecule has 0 spiro atoms. The number of hydrogen-bond donors (Lipinski definition) is 3. The molecule has 5 rings (SSSR count). The predicted molar refractivity (Wildman–Crippen MR) is 173 cm³/mol. The van der Waals surface area contributed by atoms with Crippen molar-refractivity contribution in [2.45, 2.75) is 97.9 Å². The number of nitrogens with one attached hydrogen (secondary N) is 3. The van der Waals surface area contributed by atoms with Crippen LogP contribution in [0, 0.1) is 12.3 Å². The third kappa shape index (κ3) is 6.57. The Morgan fingerprint density at radius 1 is 0.659 bits per heavy atom. The molecule has 0 unspecified atom stereocenters. The second-order valence-electron chi connectivity index (χ2n) is 11.5. The molecule has 0 saturated carbocycles. The fourth-order valence-electron chi connectivity index (χ4n) is 6.18. The average molecular weight is 547 g/mol. The van der Waals surface area contributed by atoms with Crippen LogP contribution in [0.3, 0.4) is 0 Å². The first-order valence-electron chi connectivity index (χ1n) is 15.8. The summed E-state index contributed by atoms with van der Waals surface area (Å²) in [7, 11) is 0. The molecular formula is C37H46N4. The van der Waals surface area contributed by atoms with Gasteiger partial charge in [-0.3, -0.25) is 0 Å². The Bertz CT molecular complexity index is 1740. The second kappa shape index (κ2) is 13.7. The SMILES string of the molecule is C#Cc1c(CCCCC)c2n(CCCCC)c1=Cc1ccc([nH]1)C=c1ccc([nH]1)=Cc1ccc([nH]1)C=2CCCCC. The van der Waals surface area contributed by atoms with E-state index in [-0.39, 0.29) is 0 Å². The molecule has 4 nitrogen and oxygen atoms in total. The van der Waals surface area contributed by atoms with Gasteiger partial charge in [-0.25, -0.2) is 0 Å². The minimum absolute atomic E-state index is 0.970. The van der Waals surface area contributed by atoms with E-state index in [9.17, 15) is 0 Å². The summed E-state index contributed by atoms with van der Waals surface area (Å²) in [4.78, 5) is 11.0. The Balaban J connectivity index is 1.88. The van der Waals surface area contributed by atoms with Crippen LogP contribution < -0.4 is 21.4 Å². The molecule has 0 amide bonds. The van der Waals surface area contributed by atoms with Crippen molar-refractivity contribution in [3.63, 3.8) is 0 Å². The van der Waals surface area contributed by atoms with E-state index in [1.54, 1.807) is 0 Å². The summed E-state index contributed by atoms with van der Waals surface area (Å²) in [5, 5.41) is 4.68. The van der Waals surface area contributed by atoms with E-state index in [2.05, 4.69) is 101 Å². The molecule has 0 aromatic carbocycles. The van der Waals surface area contributed by atoms with Gasteiger partial charge in [0.25, 0.3) is 0 Å². The molecule has 0 fully saturated rings. The molecule has 5 heterocycles. The molecule has 4 aromatic heterocycles. The van der Waals surface area contributed by atoms with Crippen LogP contribution >= 0.6 is 0 Å². The van der Waals surface area contributed by atoms with Crippen molar-refractivity contribution in [2.75, 3.05) is 0 Å². The number of aromatic nitrogens is 4. The van der Waals surface area contributed by atoms with E-state index in [4.69, 9.17) is 6.42 Å². The molecule has 0 aliphatic carbocycles. The first kappa shape index (κ1) is 28.7. The van der Waals surface area contributed by atoms with Crippen LogP contribution in [0.2, 0.25) is 0 Å². The number of nitrogens with zero attached hydrogens (tertiary/aromatic N) is 1. The average Bonchev–Trinajstić information content (AvgIpc) is 3.76. The second-order valence-corrected chi connectivity index (χ2v) is 11.5. The molecular weight excluding hydrogens is 500 g/mol. The van der Waals surface area contributed by atoms with Crippen molar-refractivity contribution in [3.8, 4) is 12.3 Å². The van der Waals surface area contributed by atoms with Crippen LogP contribution in [0.4, 0.5) is 0 Å². The molecule has 0 atom stereocenters. The van der Waals surface area contributed by atoms with Crippen LogP contribution in [-0.2, 0) is 13.0 Å². The molecule has 3 N–H and O–H groups in total. The standard InChI is InChI=1S/C37H46N4/c1-5-9-12-15-33-32(8-4)36-26-31-20-19-28(39-31)24-27-17-18-29(38-27)25-30-21-22-35(40-30)34(16-13-10-6-2)37(33)41(36)23-14-11-7-3/h4,17-22,24-26,38-40H,5-7,9-16,23H2,1-3H3. The Labute approximate surface area is 245 Å². The van der Waals surface area contributed by atoms with Crippen LogP contribution in [-0.4, -0.2) is 19.5 Å². The Kier molecular flexibility index (Phi) is 9.57. The van der Waals surface area contributed by atoms with Gasteiger partial charge in [-0.1, -0.05) is 65.2 Å².